The highest BCUT2D eigenvalue weighted by Gasteiger charge is 2.33. The quantitative estimate of drug-likeness (QED) is 0.772. The predicted octanol–water partition coefficient (Wildman–Crippen LogP) is 2.33. The van der Waals surface area contributed by atoms with Crippen molar-refractivity contribution in [2.24, 2.45) is 5.92 Å². The van der Waals surface area contributed by atoms with E-state index in [0.717, 1.165) is 36.6 Å². The minimum atomic E-state index is -0.152. The molecule has 8 heteroatoms. The van der Waals surface area contributed by atoms with Crippen molar-refractivity contribution < 1.29 is 9.59 Å². The monoisotopic (exact) mass is 413 g/mol. The zero-order valence-corrected chi connectivity index (χ0v) is 17.0. The molecule has 0 unspecified atom stereocenters. The first-order chi connectivity index (χ1) is 14.1. The molecule has 2 amide bonds. The maximum Gasteiger partial charge on any atom is 0.274 e. The van der Waals surface area contributed by atoms with E-state index in [1.165, 1.54) is 12.4 Å². The molecule has 0 radical (unpaired) electrons. The summed E-state index contributed by atoms with van der Waals surface area (Å²) in [5.74, 6) is -0.157. The highest BCUT2D eigenvalue weighted by Crippen LogP contribution is 2.24. The molecule has 1 atom stereocenters. The van der Waals surface area contributed by atoms with E-state index in [1.54, 1.807) is 11.1 Å². The zero-order valence-electron chi connectivity index (χ0n) is 16.2. The van der Waals surface area contributed by atoms with Crippen LogP contribution in [0.2, 0.25) is 5.02 Å². The highest BCUT2D eigenvalue weighted by molar-refractivity contribution is 6.30. The number of carbonyl (C=O) groups excluding carboxylic acids is 2. The summed E-state index contributed by atoms with van der Waals surface area (Å²) < 4.78 is 0. The second-order valence-corrected chi connectivity index (χ2v) is 7.91. The highest BCUT2D eigenvalue weighted by atomic mass is 35.5. The Kier molecular flexibility index (Phi) is 5.94. The molecule has 29 heavy (non-hydrogen) atoms. The van der Waals surface area contributed by atoms with E-state index in [-0.39, 0.29) is 17.7 Å². The lowest BCUT2D eigenvalue weighted by atomic mass is 9.96. The van der Waals surface area contributed by atoms with Gasteiger partial charge in [0.1, 0.15) is 5.69 Å². The Labute approximate surface area is 175 Å². The number of anilines is 1. The van der Waals surface area contributed by atoms with Crippen molar-refractivity contribution in [3.05, 3.63) is 53.6 Å². The third kappa shape index (κ3) is 4.50. The van der Waals surface area contributed by atoms with E-state index in [1.807, 2.05) is 29.2 Å². The molecular weight excluding hydrogens is 390 g/mol. The first-order valence-electron chi connectivity index (χ1n) is 9.96. The van der Waals surface area contributed by atoms with Gasteiger partial charge in [0.15, 0.2) is 0 Å². The first-order valence-corrected chi connectivity index (χ1v) is 10.3. The summed E-state index contributed by atoms with van der Waals surface area (Å²) in [5.41, 5.74) is 1.42. The van der Waals surface area contributed by atoms with Gasteiger partial charge in [0.05, 0.1) is 12.1 Å². The van der Waals surface area contributed by atoms with Crippen molar-refractivity contribution in [2.75, 3.05) is 44.2 Å². The average Bonchev–Trinajstić information content (AvgIpc) is 2.79. The van der Waals surface area contributed by atoms with Crippen LogP contribution in [-0.2, 0) is 4.79 Å². The van der Waals surface area contributed by atoms with Gasteiger partial charge in [0.2, 0.25) is 5.91 Å². The van der Waals surface area contributed by atoms with Crippen LogP contribution in [0.5, 0.6) is 0 Å². The van der Waals surface area contributed by atoms with Crippen molar-refractivity contribution in [1.82, 2.24) is 19.8 Å². The van der Waals surface area contributed by atoms with E-state index in [2.05, 4.69) is 14.9 Å². The van der Waals surface area contributed by atoms with Gasteiger partial charge in [0, 0.05) is 62.4 Å². The van der Waals surface area contributed by atoms with Gasteiger partial charge in [0.25, 0.3) is 5.91 Å². The average molecular weight is 414 g/mol. The van der Waals surface area contributed by atoms with Gasteiger partial charge in [-0.1, -0.05) is 17.7 Å². The molecule has 1 aromatic carbocycles. The summed E-state index contributed by atoms with van der Waals surface area (Å²) in [6.07, 6.45) is 6.17. The number of aromatic nitrogens is 2. The summed E-state index contributed by atoms with van der Waals surface area (Å²) in [6.45, 7) is 4.02. The fraction of sp³-hybridized carbons (Fsp3) is 0.429. The molecule has 2 fully saturated rings. The third-order valence-corrected chi connectivity index (χ3v) is 5.84. The molecule has 0 saturated carbocycles. The van der Waals surface area contributed by atoms with Crippen LogP contribution in [0, 0.1) is 5.92 Å². The number of rotatable bonds is 3. The van der Waals surface area contributed by atoms with Gasteiger partial charge >= 0.3 is 0 Å². The fourth-order valence-corrected chi connectivity index (χ4v) is 4.24. The first kappa shape index (κ1) is 19.6. The lowest BCUT2D eigenvalue weighted by molar-refractivity contribution is -0.137. The summed E-state index contributed by atoms with van der Waals surface area (Å²) in [6, 6.07) is 7.80. The number of carbonyl (C=O) groups is 2. The van der Waals surface area contributed by atoms with E-state index < -0.39 is 0 Å². The van der Waals surface area contributed by atoms with Crippen LogP contribution in [0.4, 0.5) is 5.69 Å². The number of piperidine rings is 1. The van der Waals surface area contributed by atoms with Crippen LogP contribution in [0.15, 0.2) is 42.9 Å². The third-order valence-electron chi connectivity index (χ3n) is 5.60. The largest absolute Gasteiger partial charge is 0.368 e. The molecule has 4 rings (SSSR count). The number of hydrogen-bond acceptors (Lipinski definition) is 5. The molecule has 2 aromatic rings. The van der Waals surface area contributed by atoms with Gasteiger partial charge in [-0.3, -0.25) is 14.6 Å². The predicted molar refractivity (Wildman–Crippen MR) is 111 cm³/mol. The van der Waals surface area contributed by atoms with Crippen molar-refractivity contribution in [3.8, 4) is 0 Å². The molecule has 0 spiro atoms. The Balaban J connectivity index is 1.34. The SMILES string of the molecule is O=C(c1cnccn1)N1CCC[C@@H](C(=O)N2CCN(c3cccc(Cl)c3)CC2)C1. The molecule has 0 aliphatic carbocycles. The minimum Gasteiger partial charge on any atom is -0.368 e. The number of hydrogen-bond donors (Lipinski definition) is 0. The van der Waals surface area contributed by atoms with Crippen LogP contribution in [-0.4, -0.2) is 70.9 Å². The fourth-order valence-electron chi connectivity index (χ4n) is 4.05. The van der Waals surface area contributed by atoms with Gasteiger partial charge in [-0.2, -0.15) is 0 Å². The zero-order chi connectivity index (χ0) is 20.2. The Morgan fingerprint density at radius 2 is 1.86 bits per heavy atom. The molecule has 3 heterocycles. The normalized spacial score (nSPS) is 19.9. The molecule has 2 aliphatic rings. The Bertz CT molecular complexity index is 870. The van der Waals surface area contributed by atoms with Gasteiger partial charge in [-0.25, -0.2) is 4.98 Å². The second-order valence-electron chi connectivity index (χ2n) is 7.47. The number of piperazine rings is 1. The molecule has 2 saturated heterocycles. The number of nitrogens with zero attached hydrogens (tertiary/aromatic N) is 5. The van der Waals surface area contributed by atoms with Gasteiger partial charge in [-0.15, -0.1) is 0 Å². The number of halogens is 1. The van der Waals surface area contributed by atoms with Gasteiger partial charge < -0.3 is 14.7 Å². The minimum absolute atomic E-state index is 0.146. The smallest absolute Gasteiger partial charge is 0.274 e. The summed E-state index contributed by atoms with van der Waals surface area (Å²) in [5, 5.41) is 0.719. The summed E-state index contributed by atoms with van der Waals surface area (Å²) in [4.78, 5) is 39.7. The summed E-state index contributed by atoms with van der Waals surface area (Å²) >= 11 is 6.10. The standard InChI is InChI=1S/C21H24ClN5O2/c22-17-4-1-5-18(13-17)25-9-11-26(12-10-25)20(28)16-3-2-8-27(15-16)21(29)19-14-23-6-7-24-19/h1,4-7,13-14,16H,2-3,8-12,15H2/t16-/m1/s1. The maximum absolute atomic E-state index is 13.1. The van der Waals surface area contributed by atoms with Crippen LogP contribution < -0.4 is 4.90 Å². The molecule has 2 aliphatic heterocycles. The van der Waals surface area contributed by atoms with E-state index >= 15 is 0 Å². The lowest BCUT2D eigenvalue weighted by Gasteiger charge is -2.39. The van der Waals surface area contributed by atoms with Crippen molar-refractivity contribution in [1.29, 1.82) is 0 Å². The van der Waals surface area contributed by atoms with Crippen LogP contribution in [0.3, 0.4) is 0 Å². The van der Waals surface area contributed by atoms with Crippen LogP contribution in [0.25, 0.3) is 0 Å². The van der Waals surface area contributed by atoms with Crippen molar-refractivity contribution in [3.63, 3.8) is 0 Å². The van der Waals surface area contributed by atoms with E-state index in [4.69, 9.17) is 11.6 Å². The van der Waals surface area contributed by atoms with Crippen molar-refractivity contribution in [2.45, 2.75) is 12.8 Å². The molecule has 7 nitrogen and oxygen atoms in total. The number of benzene rings is 1. The Morgan fingerprint density at radius 1 is 1.03 bits per heavy atom. The maximum atomic E-state index is 13.1. The molecule has 1 aromatic heterocycles. The van der Waals surface area contributed by atoms with E-state index in [9.17, 15) is 9.59 Å². The van der Waals surface area contributed by atoms with Crippen LogP contribution >= 0.6 is 11.6 Å². The second kappa shape index (κ2) is 8.78. The van der Waals surface area contributed by atoms with Crippen LogP contribution in [0.1, 0.15) is 23.3 Å². The van der Waals surface area contributed by atoms with Gasteiger partial charge in [-0.05, 0) is 31.0 Å². The lowest BCUT2D eigenvalue weighted by Crippen LogP contribution is -2.53. The molecule has 0 N–H and O–H groups in total. The Morgan fingerprint density at radius 3 is 2.59 bits per heavy atom. The topological polar surface area (TPSA) is 69.6 Å². The summed E-state index contributed by atoms with van der Waals surface area (Å²) in [7, 11) is 0. The van der Waals surface area contributed by atoms with Crippen molar-refractivity contribution >= 4 is 29.1 Å². The number of amides is 2. The molecule has 152 valence electrons. The number of likely N-dealkylation sites (tertiary alicyclic amines) is 1. The Hall–Kier alpha value is -2.67. The van der Waals surface area contributed by atoms with E-state index in [0.29, 0.717) is 31.9 Å². The molecular formula is C21H24ClN5O2. The molecule has 0 bridgehead atoms.